The first kappa shape index (κ1) is 14.9. The molecule has 2 aromatic carbocycles. The van der Waals surface area contributed by atoms with Crippen molar-refractivity contribution < 1.29 is 10.2 Å². The SMILES string of the molecule is Nc1c(N)c(N)c(O)c(N)c1N.Nc1ccccc1O. The van der Waals surface area contributed by atoms with Crippen molar-refractivity contribution in [1.29, 1.82) is 0 Å². The molecule has 0 bridgehead atoms. The van der Waals surface area contributed by atoms with E-state index in [4.69, 9.17) is 39.5 Å². The Morgan fingerprint density at radius 3 is 1.35 bits per heavy atom. The summed E-state index contributed by atoms with van der Waals surface area (Å²) in [6.07, 6.45) is 0. The van der Waals surface area contributed by atoms with Gasteiger partial charge in [0.05, 0.1) is 22.7 Å². The maximum atomic E-state index is 9.23. The molecule has 2 aromatic rings. The van der Waals surface area contributed by atoms with E-state index in [-0.39, 0.29) is 39.9 Å². The second-order valence-electron chi connectivity index (χ2n) is 3.98. The van der Waals surface area contributed by atoms with Crippen LogP contribution in [0.15, 0.2) is 24.3 Å². The van der Waals surface area contributed by atoms with Gasteiger partial charge in [-0.2, -0.15) is 0 Å². The van der Waals surface area contributed by atoms with Crippen LogP contribution in [0.1, 0.15) is 0 Å². The molecule has 8 heteroatoms. The van der Waals surface area contributed by atoms with E-state index >= 15 is 0 Å². The summed E-state index contributed by atoms with van der Waals surface area (Å²) in [6, 6.07) is 6.70. The van der Waals surface area contributed by atoms with Crippen LogP contribution in [0.25, 0.3) is 0 Å². The van der Waals surface area contributed by atoms with Crippen molar-refractivity contribution in [2.45, 2.75) is 0 Å². The van der Waals surface area contributed by atoms with Crippen molar-refractivity contribution in [2.75, 3.05) is 34.4 Å². The van der Waals surface area contributed by atoms with Crippen molar-refractivity contribution >= 4 is 34.1 Å². The lowest BCUT2D eigenvalue weighted by atomic mass is 10.1. The van der Waals surface area contributed by atoms with E-state index in [0.29, 0.717) is 5.69 Å². The number of benzene rings is 2. The molecule has 14 N–H and O–H groups in total. The van der Waals surface area contributed by atoms with E-state index in [0.717, 1.165) is 0 Å². The van der Waals surface area contributed by atoms with Crippen molar-refractivity contribution in [3.05, 3.63) is 24.3 Å². The van der Waals surface area contributed by atoms with Gasteiger partial charge in [-0.05, 0) is 12.1 Å². The van der Waals surface area contributed by atoms with E-state index < -0.39 is 0 Å². The molecule has 20 heavy (non-hydrogen) atoms. The third-order valence-corrected chi connectivity index (χ3v) is 2.61. The highest BCUT2D eigenvalue weighted by molar-refractivity contribution is 5.98. The van der Waals surface area contributed by atoms with Crippen LogP contribution in [-0.4, -0.2) is 10.2 Å². The van der Waals surface area contributed by atoms with Crippen LogP contribution in [0.5, 0.6) is 11.5 Å². The molecule has 0 fully saturated rings. The van der Waals surface area contributed by atoms with Crippen LogP contribution in [0.3, 0.4) is 0 Å². The minimum atomic E-state index is -0.320. The van der Waals surface area contributed by atoms with E-state index in [1.54, 1.807) is 24.3 Å². The molecule has 2 rings (SSSR count). The minimum Gasteiger partial charge on any atom is -0.506 e. The summed E-state index contributed by atoms with van der Waals surface area (Å²) in [5, 5.41) is 18.0. The smallest absolute Gasteiger partial charge is 0.166 e. The first-order chi connectivity index (χ1) is 9.27. The number of phenolic OH excluding ortho intramolecular Hbond substituents is 2. The number of phenols is 2. The second kappa shape index (κ2) is 5.65. The highest BCUT2D eigenvalue weighted by Gasteiger charge is 2.14. The van der Waals surface area contributed by atoms with Crippen molar-refractivity contribution in [3.63, 3.8) is 0 Å². The zero-order valence-electron chi connectivity index (χ0n) is 10.7. The van der Waals surface area contributed by atoms with Gasteiger partial charge in [0, 0.05) is 0 Å². The van der Waals surface area contributed by atoms with Gasteiger partial charge in [-0.15, -0.1) is 0 Å². The minimum absolute atomic E-state index is 0.0424. The quantitative estimate of drug-likeness (QED) is 0.191. The first-order valence-corrected chi connectivity index (χ1v) is 5.51. The summed E-state index contributed by atoms with van der Waals surface area (Å²) in [4.78, 5) is 0. The lowest BCUT2D eigenvalue weighted by Gasteiger charge is -2.12. The third kappa shape index (κ3) is 2.80. The summed E-state index contributed by atoms with van der Waals surface area (Å²) in [5.41, 5.74) is 32.8. The molecule has 0 aliphatic heterocycles. The molecule has 0 aromatic heterocycles. The van der Waals surface area contributed by atoms with Crippen LogP contribution in [0, 0.1) is 0 Å². The van der Waals surface area contributed by atoms with E-state index in [1.807, 2.05) is 0 Å². The highest BCUT2D eigenvalue weighted by atomic mass is 16.3. The average molecular weight is 278 g/mol. The van der Waals surface area contributed by atoms with Gasteiger partial charge >= 0.3 is 0 Å². The fraction of sp³-hybridized carbons (Fsp3) is 0. The van der Waals surface area contributed by atoms with Crippen molar-refractivity contribution in [3.8, 4) is 11.5 Å². The maximum absolute atomic E-state index is 9.23. The van der Waals surface area contributed by atoms with Crippen LogP contribution in [-0.2, 0) is 0 Å². The second-order valence-corrected chi connectivity index (χ2v) is 3.98. The van der Waals surface area contributed by atoms with Crippen molar-refractivity contribution in [1.82, 2.24) is 0 Å². The molecule has 0 saturated heterocycles. The fourth-order valence-electron chi connectivity index (χ4n) is 1.32. The van der Waals surface area contributed by atoms with Gasteiger partial charge in [0.1, 0.15) is 17.1 Å². The van der Waals surface area contributed by atoms with Gasteiger partial charge in [-0.1, -0.05) is 12.1 Å². The van der Waals surface area contributed by atoms with E-state index in [9.17, 15) is 5.11 Å². The molecular weight excluding hydrogens is 260 g/mol. The molecule has 0 amide bonds. The Bertz CT molecular complexity index is 504. The van der Waals surface area contributed by atoms with Gasteiger partial charge < -0.3 is 44.6 Å². The number of nitrogen functional groups attached to an aromatic ring is 6. The third-order valence-electron chi connectivity index (χ3n) is 2.61. The molecule has 8 nitrogen and oxygen atoms in total. The topological polar surface area (TPSA) is 197 Å². The van der Waals surface area contributed by atoms with Crippen molar-refractivity contribution in [2.24, 2.45) is 0 Å². The molecule has 0 saturated carbocycles. The molecule has 0 atom stereocenters. The number of rotatable bonds is 0. The standard InChI is InChI=1S/C6H11N5O.C6H7NO/c7-1-2(8)4(10)6(12)5(11)3(1)9;7-5-3-1-2-4-6(5)8/h12H,7-11H2;1-4,8H,7H2. The monoisotopic (exact) mass is 278 g/mol. The summed E-state index contributed by atoms with van der Waals surface area (Å²) >= 11 is 0. The molecule has 0 unspecified atom stereocenters. The molecule has 0 aliphatic rings. The van der Waals surface area contributed by atoms with E-state index in [2.05, 4.69) is 0 Å². The van der Waals surface area contributed by atoms with Crippen LogP contribution >= 0.6 is 0 Å². The zero-order valence-corrected chi connectivity index (χ0v) is 10.7. The van der Waals surface area contributed by atoms with Gasteiger partial charge in [0.15, 0.2) is 5.75 Å². The predicted octanol–water partition coefficient (Wildman–Crippen LogP) is 0.278. The zero-order chi connectivity index (χ0) is 15.4. The highest BCUT2D eigenvalue weighted by Crippen LogP contribution is 2.42. The Labute approximate surface area is 115 Å². The predicted molar refractivity (Wildman–Crippen MR) is 82.7 cm³/mol. The van der Waals surface area contributed by atoms with Crippen LogP contribution in [0.2, 0.25) is 0 Å². The van der Waals surface area contributed by atoms with E-state index in [1.165, 1.54) is 0 Å². The molecule has 108 valence electrons. The Hall–Kier alpha value is -3.16. The first-order valence-electron chi connectivity index (χ1n) is 5.51. The molecule has 0 radical (unpaired) electrons. The number of anilines is 6. The Kier molecular flexibility index (Phi) is 4.21. The summed E-state index contributed by atoms with van der Waals surface area (Å²) < 4.78 is 0. The molecule has 0 heterocycles. The number of hydrogen-bond donors (Lipinski definition) is 8. The number of aromatic hydroxyl groups is 2. The van der Waals surface area contributed by atoms with Crippen LogP contribution < -0.4 is 34.4 Å². The van der Waals surface area contributed by atoms with Crippen LogP contribution in [0.4, 0.5) is 34.1 Å². The largest absolute Gasteiger partial charge is 0.506 e. The molecule has 0 spiro atoms. The summed E-state index contributed by atoms with van der Waals surface area (Å²) in [7, 11) is 0. The van der Waals surface area contributed by atoms with Gasteiger partial charge in [0.2, 0.25) is 0 Å². The number of nitrogens with two attached hydrogens (primary N) is 6. The van der Waals surface area contributed by atoms with Gasteiger partial charge in [-0.3, -0.25) is 0 Å². The normalized spacial score (nSPS) is 9.60. The Balaban J connectivity index is 0.000000217. The summed E-state index contributed by atoms with van der Waals surface area (Å²) in [5.74, 6) is -0.174. The Morgan fingerprint density at radius 1 is 0.600 bits per heavy atom. The lowest BCUT2D eigenvalue weighted by molar-refractivity contribution is 0.478. The fourth-order valence-corrected chi connectivity index (χ4v) is 1.32. The number of hydrogen-bond acceptors (Lipinski definition) is 8. The lowest BCUT2D eigenvalue weighted by Crippen LogP contribution is -2.07. The van der Waals surface area contributed by atoms with Gasteiger partial charge in [-0.25, -0.2) is 0 Å². The molecule has 0 aliphatic carbocycles. The number of para-hydroxylation sites is 2. The molecular formula is C12H18N6O2. The average Bonchev–Trinajstić information content (AvgIpc) is 2.45. The van der Waals surface area contributed by atoms with Gasteiger partial charge in [0.25, 0.3) is 0 Å². The summed E-state index contributed by atoms with van der Waals surface area (Å²) in [6.45, 7) is 0. The Morgan fingerprint density at radius 2 is 1.00 bits per heavy atom. The maximum Gasteiger partial charge on any atom is 0.166 e.